The van der Waals surface area contributed by atoms with E-state index >= 15 is 0 Å². The summed E-state index contributed by atoms with van der Waals surface area (Å²) in [6.45, 7) is 0.535. The van der Waals surface area contributed by atoms with Gasteiger partial charge < -0.3 is 30.0 Å². The lowest BCUT2D eigenvalue weighted by Gasteiger charge is -2.27. The number of benzene rings is 2. The molecule has 1 heterocycles. The fourth-order valence-corrected chi connectivity index (χ4v) is 4.56. The first-order chi connectivity index (χ1) is 16.4. The second kappa shape index (κ2) is 10.2. The van der Waals surface area contributed by atoms with Gasteiger partial charge in [-0.3, -0.25) is 4.79 Å². The summed E-state index contributed by atoms with van der Waals surface area (Å²) in [6, 6.07) is 16.1. The molecule has 3 N–H and O–H groups in total. The van der Waals surface area contributed by atoms with Crippen molar-refractivity contribution in [2.45, 2.75) is 30.4 Å². The van der Waals surface area contributed by atoms with E-state index in [-0.39, 0.29) is 38.5 Å². The van der Waals surface area contributed by atoms with Gasteiger partial charge in [0.15, 0.2) is 6.10 Å². The summed E-state index contributed by atoms with van der Waals surface area (Å²) in [4.78, 5) is 36.7. The average molecular weight is 469 g/mol. The quantitative estimate of drug-likeness (QED) is 0.516. The number of methoxy groups -OCH3 is 1. The van der Waals surface area contributed by atoms with Crippen LogP contribution in [0.2, 0.25) is 0 Å². The van der Waals surface area contributed by atoms with Crippen molar-refractivity contribution in [1.82, 2.24) is 10.6 Å². The first-order valence-electron chi connectivity index (χ1n) is 11.2. The standard InChI is InChI=1S/C25H28N2O7/c1-32-21(22(28)29)10-12-26-23(30)25(11-13-33-15-25)27-24(31)34-14-20-18-8-4-2-6-16(18)17-7-3-5-9-19(17)20/h2-9,20-21H,10-15H2,1H3,(H,26,30)(H,27,31)(H,28,29). The van der Waals surface area contributed by atoms with Gasteiger partial charge in [0.05, 0.1) is 6.61 Å². The number of hydrogen-bond acceptors (Lipinski definition) is 6. The number of ether oxygens (including phenoxy) is 3. The van der Waals surface area contributed by atoms with Crippen LogP contribution in [0.1, 0.15) is 29.9 Å². The highest BCUT2D eigenvalue weighted by Gasteiger charge is 2.44. The molecule has 2 aromatic rings. The van der Waals surface area contributed by atoms with Crippen molar-refractivity contribution in [3.63, 3.8) is 0 Å². The zero-order chi connectivity index (χ0) is 24.1. The van der Waals surface area contributed by atoms with Crippen LogP contribution in [-0.4, -0.2) is 68.2 Å². The van der Waals surface area contributed by atoms with Crippen LogP contribution in [0, 0.1) is 0 Å². The van der Waals surface area contributed by atoms with E-state index in [4.69, 9.17) is 19.3 Å². The van der Waals surface area contributed by atoms with Crippen LogP contribution in [0.25, 0.3) is 11.1 Å². The van der Waals surface area contributed by atoms with Crippen molar-refractivity contribution < 1.29 is 33.7 Å². The molecule has 0 saturated carbocycles. The fraction of sp³-hybridized carbons (Fsp3) is 0.400. The minimum absolute atomic E-state index is 0.00959. The molecule has 2 aromatic carbocycles. The second-order valence-corrected chi connectivity index (χ2v) is 8.44. The molecular weight excluding hydrogens is 440 g/mol. The Hall–Kier alpha value is -3.43. The van der Waals surface area contributed by atoms with Gasteiger partial charge in [0.25, 0.3) is 0 Å². The van der Waals surface area contributed by atoms with Crippen LogP contribution < -0.4 is 10.6 Å². The summed E-state index contributed by atoms with van der Waals surface area (Å²) in [7, 11) is 1.30. The van der Waals surface area contributed by atoms with E-state index in [1.54, 1.807) is 0 Å². The molecule has 1 saturated heterocycles. The molecule has 0 bridgehead atoms. The molecule has 4 rings (SSSR count). The first kappa shape index (κ1) is 23.7. The predicted molar refractivity (Wildman–Crippen MR) is 122 cm³/mol. The Bertz CT molecular complexity index is 1020. The molecule has 2 amide bonds. The van der Waals surface area contributed by atoms with E-state index in [1.165, 1.54) is 7.11 Å². The fourth-order valence-electron chi connectivity index (χ4n) is 4.56. The molecule has 1 aliphatic heterocycles. The van der Waals surface area contributed by atoms with E-state index in [9.17, 15) is 14.4 Å². The Morgan fingerprint density at radius 3 is 2.32 bits per heavy atom. The van der Waals surface area contributed by atoms with Gasteiger partial charge in [0.1, 0.15) is 12.1 Å². The number of alkyl carbamates (subject to hydrolysis) is 1. The van der Waals surface area contributed by atoms with Crippen LogP contribution >= 0.6 is 0 Å². The third kappa shape index (κ3) is 4.76. The SMILES string of the molecule is COC(CCNC(=O)C1(NC(=O)OCC2c3ccccc3-c3ccccc32)CCOC1)C(=O)O. The van der Waals surface area contributed by atoms with Crippen LogP contribution in [0.4, 0.5) is 4.79 Å². The third-order valence-electron chi connectivity index (χ3n) is 6.39. The lowest BCUT2D eigenvalue weighted by atomic mass is 9.97. The van der Waals surface area contributed by atoms with E-state index in [2.05, 4.69) is 22.8 Å². The minimum Gasteiger partial charge on any atom is -0.479 e. The molecule has 0 radical (unpaired) electrons. The van der Waals surface area contributed by atoms with Gasteiger partial charge in [-0.2, -0.15) is 0 Å². The molecule has 2 aliphatic rings. The lowest BCUT2D eigenvalue weighted by molar-refractivity contribution is -0.149. The molecule has 1 aliphatic carbocycles. The maximum Gasteiger partial charge on any atom is 0.408 e. The number of fused-ring (bicyclic) bond motifs is 3. The summed E-state index contributed by atoms with van der Waals surface area (Å²) in [5.41, 5.74) is 3.18. The van der Waals surface area contributed by atoms with Gasteiger partial charge in [0, 0.05) is 39.0 Å². The number of rotatable bonds is 9. The van der Waals surface area contributed by atoms with Crippen molar-refractivity contribution in [2.24, 2.45) is 0 Å². The highest BCUT2D eigenvalue weighted by atomic mass is 16.6. The normalized spacial score (nSPS) is 19.7. The zero-order valence-corrected chi connectivity index (χ0v) is 18.9. The molecule has 9 nitrogen and oxygen atoms in total. The largest absolute Gasteiger partial charge is 0.479 e. The molecule has 2 unspecified atom stereocenters. The first-order valence-corrected chi connectivity index (χ1v) is 11.2. The Morgan fingerprint density at radius 1 is 1.12 bits per heavy atom. The van der Waals surface area contributed by atoms with E-state index in [0.717, 1.165) is 22.3 Å². The predicted octanol–water partition coefficient (Wildman–Crippen LogP) is 2.29. The minimum atomic E-state index is -1.27. The van der Waals surface area contributed by atoms with E-state index < -0.39 is 29.6 Å². The average Bonchev–Trinajstić information content (AvgIpc) is 3.44. The summed E-state index contributed by atoms with van der Waals surface area (Å²) >= 11 is 0. The highest BCUT2D eigenvalue weighted by Crippen LogP contribution is 2.44. The molecule has 2 atom stereocenters. The maximum atomic E-state index is 12.9. The summed E-state index contributed by atoms with van der Waals surface area (Å²) < 4.78 is 15.8. The Morgan fingerprint density at radius 2 is 1.76 bits per heavy atom. The number of carbonyl (C=O) groups excluding carboxylic acids is 2. The topological polar surface area (TPSA) is 123 Å². The summed E-state index contributed by atoms with van der Waals surface area (Å²) in [5, 5.41) is 14.4. The maximum absolute atomic E-state index is 12.9. The van der Waals surface area contributed by atoms with E-state index in [0.29, 0.717) is 6.61 Å². The van der Waals surface area contributed by atoms with Crippen molar-refractivity contribution in [1.29, 1.82) is 0 Å². The number of nitrogens with one attached hydrogen (secondary N) is 2. The van der Waals surface area contributed by atoms with Crippen molar-refractivity contribution in [3.8, 4) is 11.1 Å². The Balaban J connectivity index is 1.37. The van der Waals surface area contributed by atoms with E-state index in [1.807, 2.05) is 36.4 Å². The second-order valence-electron chi connectivity index (χ2n) is 8.44. The summed E-state index contributed by atoms with van der Waals surface area (Å²) in [6.07, 6.45) is -1.34. The molecule has 0 spiro atoms. The molecule has 34 heavy (non-hydrogen) atoms. The van der Waals surface area contributed by atoms with Crippen LogP contribution in [0.5, 0.6) is 0 Å². The molecule has 1 fully saturated rings. The molecule has 0 aromatic heterocycles. The number of hydrogen-bond donors (Lipinski definition) is 3. The van der Waals surface area contributed by atoms with Crippen LogP contribution in [0.3, 0.4) is 0 Å². The van der Waals surface area contributed by atoms with Gasteiger partial charge in [-0.1, -0.05) is 48.5 Å². The Kier molecular flexibility index (Phi) is 7.14. The number of aliphatic carboxylic acids is 1. The van der Waals surface area contributed by atoms with Crippen molar-refractivity contribution >= 4 is 18.0 Å². The third-order valence-corrected chi connectivity index (χ3v) is 6.39. The number of carboxylic acid groups (broad SMARTS) is 1. The lowest BCUT2D eigenvalue weighted by Crippen LogP contribution is -2.59. The van der Waals surface area contributed by atoms with Gasteiger partial charge >= 0.3 is 12.1 Å². The number of carbonyl (C=O) groups is 3. The Labute approximate surface area is 197 Å². The zero-order valence-electron chi connectivity index (χ0n) is 18.9. The van der Waals surface area contributed by atoms with Crippen LogP contribution in [-0.2, 0) is 23.8 Å². The smallest absolute Gasteiger partial charge is 0.408 e. The molecular formula is C25H28N2O7. The van der Waals surface area contributed by atoms with Crippen molar-refractivity contribution in [3.05, 3.63) is 59.7 Å². The molecule has 180 valence electrons. The van der Waals surface area contributed by atoms with Crippen molar-refractivity contribution in [2.75, 3.05) is 33.5 Å². The van der Waals surface area contributed by atoms with Gasteiger partial charge in [-0.25, -0.2) is 9.59 Å². The molecule has 9 heteroatoms. The summed E-state index contributed by atoms with van der Waals surface area (Å²) in [5.74, 6) is -1.64. The monoisotopic (exact) mass is 468 g/mol. The highest BCUT2D eigenvalue weighted by molar-refractivity contribution is 5.90. The van der Waals surface area contributed by atoms with Gasteiger partial charge in [0.2, 0.25) is 5.91 Å². The van der Waals surface area contributed by atoms with Crippen LogP contribution in [0.15, 0.2) is 48.5 Å². The van der Waals surface area contributed by atoms with Gasteiger partial charge in [-0.15, -0.1) is 0 Å². The number of amides is 2. The number of carboxylic acids is 1. The van der Waals surface area contributed by atoms with Gasteiger partial charge in [-0.05, 0) is 22.3 Å².